The van der Waals surface area contributed by atoms with Crippen LogP contribution in [0, 0.1) is 0 Å². The molecule has 6 atom stereocenters. The van der Waals surface area contributed by atoms with E-state index >= 15 is 0 Å². The molecule has 0 aromatic rings. The number of aliphatic imine (C=N–C) groups is 3. The van der Waals surface area contributed by atoms with Gasteiger partial charge < -0.3 is 30.3 Å². The zero-order valence-electron chi connectivity index (χ0n) is 11.2. The summed E-state index contributed by atoms with van der Waals surface area (Å²) in [5.41, 5.74) is 5.61. The number of ether oxygens (including phenoxy) is 2. The van der Waals surface area contributed by atoms with Crippen LogP contribution in [0.4, 0.5) is 4.39 Å². The van der Waals surface area contributed by atoms with Gasteiger partial charge in [0.05, 0.1) is 20.1 Å². The highest BCUT2D eigenvalue weighted by molar-refractivity contribution is 5.99. The number of alkyl halides is 1. The first-order valence-electron chi connectivity index (χ1n) is 6.42. The SMILES string of the molecule is COC1=NC(N)=NC2C1N=CN2C1OC(CO)C(O)C1F. The molecule has 0 amide bonds. The van der Waals surface area contributed by atoms with Gasteiger partial charge >= 0.3 is 0 Å². The number of rotatable bonds is 2. The molecule has 1 saturated heterocycles. The second kappa shape index (κ2) is 5.20. The number of aliphatic hydroxyl groups is 2. The van der Waals surface area contributed by atoms with Crippen molar-refractivity contribution in [2.45, 2.75) is 36.8 Å². The van der Waals surface area contributed by atoms with Crippen molar-refractivity contribution in [1.29, 1.82) is 0 Å². The van der Waals surface area contributed by atoms with Gasteiger partial charge in [0.2, 0.25) is 11.9 Å². The van der Waals surface area contributed by atoms with Crippen molar-refractivity contribution in [1.82, 2.24) is 4.90 Å². The normalized spacial score (nSPS) is 41.8. The van der Waals surface area contributed by atoms with Gasteiger partial charge in [-0.15, -0.1) is 0 Å². The molecule has 1 fully saturated rings. The molecule has 9 nitrogen and oxygen atoms in total. The highest BCUT2D eigenvalue weighted by Crippen LogP contribution is 2.31. The lowest BCUT2D eigenvalue weighted by atomic mass is 10.1. The predicted octanol–water partition coefficient (Wildman–Crippen LogP) is -2.19. The Bertz CT molecular complexity index is 513. The molecule has 0 saturated carbocycles. The Morgan fingerprint density at radius 2 is 2.33 bits per heavy atom. The molecule has 3 rings (SSSR count). The van der Waals surface area contributed by atoms with Gasteiger partial charge in [-0.2, -0.15) is 4.99 Å². The Hall–Kier alpha value is -1.78. The van der Waals surface area contributed by atoms with E-state index in [1.807, 2.05) is 0 Å². The van der Waals surface area contributed by atoms with Crippen molar-refractivity contribution in [3.05, 3.63) is 0 Å². The van der Waals surface area contributed by atoms with E-state index in [0.717, 1.165) is 0 Å². The Kier molecular flexibility index (Phi) is 3.51. The van der Waals surface area contributed by atoms with E-state index in [9.17, 15) is 9.50 Å². The number of nitrogens with zero attached hydrogens (tertiary/aromatic N) is 4. The van der Waals surface area contributed by atoms with Crippen LogP contribution < -0.4 is 5.73 Å². The van der Waals surface area contributed by atoms with Crippen LogP contribution in [0.3, 0.4) is 0 Å². The third kappa shape index (κ3) is 2.15. The minimum Gasteiger partial charge on any atom is -0.482 e. The van der Waals surface area contributed by atoms with Crippen LogP contribution in [0.5, 0.6) is 0 Å². The van der Waals surface area contributed by atoms with Gasteiger partial charge in [-0.05, 0) is 0 Å². The van der Waals surface area contributed by atoms with E-state index in [4.69, 9.17) is 20.3 Å². The summed E-state index contributed by atoms with van der Waals surface area (Å²) in [6.07, 6.45) is -4.48. The van der Waals surface area contributed by atoms with Crippen LogP contribution in [0.15, 0.2) is 15.0 Å². The number of guanidine groups is 1. The van der Waals surface area contributed by atoms with Gasteiger partial charge in [-0.1, -0.05) is 0 Å². The van der Waals surface area contributed by atoms with E-state index in [2.05, 4.69) is 15.0 Å². The number of fused-ring (bicyclic) bond motifs is 1. The second-order valence-corrected chi connectivity index (χ2v) is 4.89. The molecular formula is C11H16FN5O4. The minimum atomic E-state index is -1.70. The number of nitrogens with two attached hydrogens (primary N) is 1. The van der Waals surface area contributed by atoms with E-state index in [-0.39, 0.29) is 11.9 Å². The molecule has 3 aliphatic heterocycles. The standard InChI is InChI=1S/C11H16FN5O4/c1-20-9-6-8(15-11(13)16-9)17(3-14-6)10-5(12)7(19)4(2-18)21-10/h3-8,10,18-19H,2H2,1H3,(H2,13,15). The summed E-state index contributed by atoms with van der Waals surface area (Å²) in [6.45, 7) is -0.479. The lowest BCUT2D eigenvalue weighted by Crippen LogP contribution is -2.50. The third-order valence-corrected chi connectivity index (χ3v) is 3.67. The fourth-order valence-corrected chi connectivity index (χ4v) is 2.61. The average molecular weight is 301 g/mol. The zero-order valence-corrected chi connectivity index (χ0v) is 11.2. The maximum Gasteiger partial charge on any atom is 0.220 e. The van der Waals surface area contributed by atoms with E-state index in [1.54, 1.807) is 0 Å². The predicted molar refractivity (Wildman–Crippen MR) is 70.6 cm³/mol. The largest absolute Gasteiger partial charge is 0.482 e. The quantitative estimate of drug-likeness (QED) is 0.532. The molecule has 21 heavy (non-hydrogen) atoms. The summed E-state index contributed by atoms with van der Waals surface area (Å²) >= 11 is 0. The monoisotopic (exact) mass is 301 g/mol. The minimum absolute atomic E-state index is 0.00346. The van der Waals surface area contributed by atoms with E-state index < -0.39 is 43.4 Å². The fraction of sp³-hybridized carbons (Fsp3) is 0.727. The topological polar surface area (TPSA) is 125 Å². The molecule has 0 spiro atoms. The molecular weight excluding hydrogens is 285 g/mol. The van der Waals surface area contributed by atoms with Crippen LogP contribution in [0.2, 0.25) is 0 Å². The van der Waals surface area contributed by atoms with Crippen LogP contribution in [-0.4, -0.2) is 83.8 Å². The van der Waals surface area contributed by atoms with Gasteiger partial charge in [0, 0.05) is 0 Å². The van der Waals surface area contributed by atoms with Gasteiger partial charge in [0.15, 0.2) is 24.6 Å². The van der Waals surface area contributed by atoms with Gasteiger partial charge in [0.25, 0.3) is 0 Å². The van der Waals surface area contributed by atoms with Crippen molar-refractivity contribution in [3.8, 4) is 0 Å². The molecule has 3 aliphatic rings. The van der Waals surface area contributed by atoms with Crippen LogP contribution >= 0.6 is 0 Å². The van der Waals surface area contributed by atoms with Crippen molar-refractivity contribution >= 4 is 18.2 Å². The molecule has 4 N–H and O–H groups in total. The van der Waals surface area contributed by atoms with Crippen molar-refractivity contribution in [2.24, 2.45) is 20.7 Å². The summed E-state index contributed by atoms with van der Waals surface area (Å²) in [4.78, 5) is 13.6. The molecule has 6 unspecified atom stereocenters. The number of aliphatic hydroxyl groups excluding tert-OH is 2. The number of hydrogen-bond donors (Lipinski definition) is 3. The maximum atomic E-state index is 14.2. The van der Waals surface area contributed by atoms with Crippen molar-refractivity contribution in [3.63, 3.8) is 0 Å². The highest BCUT2D eigenvalue weighted by Gasteiger charge is 2.51. The number of halogens is 1. The summed E-state index contributed by atoms with van der Waals surface area (Å²) in [5.74, 6) is 0.273. The molecule has 0 aromatic heterocycles. The first kappa shape index (κ1) is 14.2. The highest BCUT2D eigenvalue weighted by atomic mass is 19.1. The second-order valence-electron chi connectivity index (χ2n) is 4.89. The molecule has 0 aliphatic carbocycles. The van der Waals surface area contributed by atoms with Gasteiger partial charge in [-0.3, -0.25) is 4.99 Å². The third-order valence-electron chi connectivity index (χ3n) is 3.67. The zero-order chi connectivity index (χ0) is 15.1. The Labute approximate surface area is 119 Å². The van der Waals surface area contributed by atoms with E-state index in [1.165, 1.54) is 18.3 Å². The molecule has 0 radical (unpaired) electrons. The van der Waals surface area contributed by atoms with Gasteiger partial charge in [0.1, 0.15) is 12.2 Å². The summed E-state index contributed by atoms with van der Waals surface area (Å²) < 4.78 is 24.6. The number of methoxy groups -OCH3 is 1. The lowest BCUT2D eigenvalue weighted by molar-refractivity contribution is -0.0695. The van der Waals surface area contributed by atoms with Crippen molar-refractivity contribution in [2.75, 3.05) is 13.7 Å². The molecule has 116 valence electrons. The molecule has 0 aromatic carbocycles. The molecule has 0 bridgehead atoms. The van der Waals surface area contributed by atoms with Crippen LogP contribution in [0.1, 0.15) is 0 Å². The maximum absolute atomic E-state index is 14.2. The van der Waals surface area contributed by atoms with Gasteiger partial charge in [-0.25, -0.2) is 9.38 Å². The fourth-order valence-electron chi connectivity index (χ4n) is 2.61. The average Bonchev–Trinajstić information content (AvgIpc) is 3.01. The number of hydrogen-bond acceptors (Lipinski definition) is 9. The molecule has 10 heteroatoms. The summed E-state index contributed by atoms with van der Waals surface area (Å²) in [5, 5.41) is 18.8. The first-order chi connectivity index (χ1) is 10.1. The van der Waals surface area contributed by atoms with Crippen LogP contribution in [0.25, 0.3) is 0 Å². The first-order valence-corrected chi connectivity index (χ1v) is 6.42. The van der Waals surface area contributed by atoms with Crippen molar-refractivity contribution < 1.29 is 24.1 Å². The summed E-state index contributed by atoms with van der Waals surface area (Å²) in [6, 6.07) is -0.539. The molecule has 3 heterocycles. The smallest absolute Gasteiger partial charge is 0.220 e. The Morgan fingerprint density at radius 3 is 2.95 bits per heavy atom. The van der Waals surface area contributed by atoms with Crippen LogP contribution in [-0.2, 0) is 9.47 Å². The summed E-state index contributed by atoms with van der Waals surface area (Å²) in [7, 11) is 1.43. The Balaban J connectivity index is 1.83. The lowest BCUT2D eigenvalue weighted by Gasteiger charge is -2.31. The van der Waals surface area contributed by atoms with E-state index in [0.29, 0.717) is 0 Å². The Morgan fingerprint density at radius 1 is 1.57 bits per heavy atom.